The maximum atomic E-state index is 11.7. The summed E-state index contributed by atoms with van der Waals surface area (Å²) in [6.45, 7) is 20.7. The number of carbonyl (C=O) groups excluding carboxylic acids is 1. The number of carbonyl (C=O) groups is 1. The summed E-state index contributed by atoms with van der Waals surface area (Å²) in [6.07, 6.45) is 6.34. The zero-order valence-corrected chi connectivity index (χ0v) is 19.7. The van der Waals surface area contributed by atoms with Crippen molar-refractivity contribution in [2.45, 2.75) is 73.3 Å². The fourth-order valence-corrected chi connectivity index (χ4v) is 3.07. The molecule has 3 aliphatic rings. The number of amides is 1. The van der Waals surface area contributed by atoms with Crippen molar-refractivity contribution >= 4 is 11.6 Å². The second-order valence-electron chi connectivity index (χ2n) is 7.17. The molecule has 0 N–H and O–H groups in total. The van der Waals surface area contributed by atoms with Gasteiger partial charge in [-0.05, 0) is 68.9 Å². The molecule has 0 aromatic heterocycles. The van der Waals surface area contributed by atoms with Gasteiger partial charge in [0, 0.05) is 6.04 Å². The Morgan fingerprint density at radius 1 is 1.17 bits per heavy atom. The van der Waals surface area contributed by atoms with Gasteiger partial charge in [-0.15, -0.1) is 0 Å². The van der Waals surface area contributed by atoms with Crippen LogP contribution in [0.25, 0.3) is 0 Å². The van der Waals surface area contributed by atoms with Crippen molar-refractivity contribution in [2.24, 2.45) is 0 Å². The molecule has 1 saturated carbocycles. The van der Waals surface area contributed by atoms with E-state index < -0.39 is 0 Å². The Hall–Kier alpha value is -2.49. The van der Waals surface area contributed by atoms with Gasteiger partial charge in [-0.2, -0.15) is 0 Å². The average molecular weight is 414 g/mol. The molecule has 0 spiro atoms. The van der Waals surface area contributed by atoms with Gasteiger partial charge >= 0.3 is 0 Å². The van der Waals surface area contributed by atoms with E-state index in [1.165, 1.54) is 5.56 Å². The van der Waals surface area contributed by atoms with Crippen molar-refractivity contribution in [3.63, 3.8) is 0 Å². The van der Waals surface area contributed by atoms with Crippen molar-refractivity contribution in [3.05, 3.63) is 59.9 Å². The zero-order chi connectivity index (χ0) is 22.7. The highest BCUT2D eigenvalue weighted by atomic mass is 16.5. The third-order valence-corrected chi connectivity index (χ3v) is 4.51. The number of hydrogen-bond donors (Lipinski definition) is 0. The lowest BCUT2D eigenvalue weighted by Gasteiger charge is -2.29. The lowest BCUT2D eigenvalue weighted by Crippen LogP contribution is -2.40. The van der Waals surface area contributed by atoms with Gasteiger partial charge in [0.2, 0.25) is 0 Å². The monoisotopic (exact) mass is 413 g/mol. The molecule has 0 radical (unpaired) electrons. The van der Waals surface area contributed by atoms with Crippen LogP contribution in [0.5, 0.6) is 5.75 Å². The molecule has 30 heavy (non-hydrogen) atoms. The lowest BCUT2D eigenvalue weighted by molar-refractivity contribution is -0.121. The Bertz CT molecular complexity index is 760. The van der Waals surface area contributed by atoms with Gasteiger partial charge in [0.1, 0.15) is 11.5 Å². The summed E-state index contributed by atoms with van der Waals surface area (Å²) in [5.74, 6) is 1.86. The summed E-state index contributed by atoms with van der Waals surface area (Å²) in [5, 5.41) is 0. The van der Waals surface area contributed by atoms with Crippen molar-refractivity contribution in [2.75, 3.05) is 18.1 Å². The topological polar surface area (TPSA) is 38.8 Å². The number of nitrogens with zero attached hydrogens (tertiary/aromatic N) is 1. The molecule has 1 saturated heterocycles. The van der Waals surface area contributed by atoms with Crippen molar-refractivity contribution in [1.82, 2.24) is 0 Å². The minimum atomic E-state index is 0.0915. The first-order valence-corrected chi connectivity index (χ1v) is 11.2. The minimum Gasteiger partial charge on any atom is -0.493 e. The standard InChI is InChI=1S/C12H13NO2.C10H14O.2C2H6/c1-8-2-5-10-11(6-8)15-7-12(14)13(10)9-3-4-9;1-8(2)7-10-9(3)5-4-6-11-10;2*1-2/h2,5-6,9H,3-4,7H2,1H3;7H,1,3-6H2,2H3;2*1-2H3/b;10-7+;;. The largest absolute Gasteiger partial charge is 0.493 e. The zero-order valence-electron chi connectivity index (χ0n) is 19.7. The fraction of sp³-hybridized carbons (Fsp3) is 0.500. The van der Waals surface area contributed by atoms with Gasteiger partial charge < -0.3 is 14.4 Å². The van der Waals surface area contributed by atoms with Crippen molar-refractivity contribution < 1.29 is 14.3 Å². The molecule has 2 aliphatic heterocycles. The van der Waals surface area contributed by atoms with Crippen LogP contribution in [0.15, 0.2) is 54.3 Å². The van der Waals surface area contributed by atoms with Crippen LogP contribution >= 0.6 is 0 Å². The van der Waals surface area contributed by atoms with Gasteiger partial charge in [-0.3, -0.25) is 4.79 Å². The van der Waals surface area contributed by atoms with Crippen LogP contribution in [0.3, 0.4) is 0 Å². The second kappa shape index (κ2) is 12.9. The Kier molecular flexibility index (Phi) is 11.0. The second-order valence-corrected chi connectivity index (χ2v) is 7.17. The van der Waals surface area contributed by atoms with Gasteiger partial charge in [-0.25, -0.2) is 0 Å². The van der Waals surface area contributed by atoms with E-state index in [9.17, 15) is 4.79 Å². The Balaban J connectivity index is 0.000000268. The third kappa shape index (κ3) is 7.40. The molecule has 0 unspecified atom stereocenters. The molecule has 4 heteroatoms. The van der Waals surface area contributed by atoms with Crippen LogP contribution in [-0.2, 0) is 9.53 Å². The third-order valence-electron chi connectivity index (χ3n) is 4.51. The number of anilines is 1. The summed E-state index contributed by atoms with van der Waals surface area (Å²) in [4.78, 5) is 13.6. The van der Waals surface area contributed by atoms with Crippen LogP contribution < -0.4 is 9.64 Å². The van der Waals surface area contributed by atoms with Crippen LogP contribution in [-0.4, -0.2) is 25.2 Å². The number of ether oxygens (including phenoxy) is 2. The summed E-state index contributed by atoms with van der Waals surface area (Å²) in [5.41, 5.74) is 4.22. The van der Waals surface area contributed by atoms with Crippen molar-refractivity contribution in [1.29, 1.82) is 0 Å². The number of hydrogen-bond acceptors (Lipinski definition) is 3. The molecule has 2 fully saturated rings. The van der Waals surface area contributed by atoms with Crippen LogP contribution in [0.1, 0.15) is 65.9 Å². The maximum absolute atomic E-state index is 11.7. The van der Waals surface area contributed by atoms with E-state index in [4.69, 9.17) is 9.47 Å². The Morgan fingerprint density at radius 3 is 2.40 bits per heavy atom. The summed E-state index contributed by atoms with van der Waals surface area (Å²) >= 11 is 0. The molecular formula is C26H39NO3. The smallest absolute Gasteiger partial charge is 0.265 e. The normalized spacial score (nSPS) is 18.2. The average Bonchev–Trinajstić information content (AvgIpc) is 3.58. The van der Waals surface area contributed by atoms with Crippen LogP contribution in [0.4, 0.5) is 5.69 Å². The highest BCUT2D eigenvalue weighted by Gasteiger charge is 2.37. The molecule has 1 aromatic carbocycles. The van der Waals surface area contributed by atoms with E-state index in [0.29, 0.717) is 6.04 Å². The highest BCUT2D eigenvalue weighted by Crippen LogP contribution is 2.39. The lowest BCUT2D eigenvalue weighted by atomic mass is 10.1. The summed E-state index contributed by atoms with van der Waals surface area (Å²) < 4.78 is 10.8. The summed E-state index contributed by atoms with van der Waals surface area (Å²) in [7, 11) is 0. The molecule has 0 bridgehead atoms. The first-order valence-electron chi connectivity index (χ1n) is 11.2. The molecule has 1 aromatic rings. The quantitative estimate of drug-likeness (QED) is 0.538. The number of fused-ring (bicyclic) bond motifs is 1. The Labute approximate surface area is 183 Å². The van der Waals surface area contributed by atoms with Crippen LogP contribution in [0, 0.1) is 6.92 Å². The van der Waals surface area contributed by atoms with Crippen LogP contribution in [0.2, 0.25) is 0 Å². The first-order chi connectivity index (χ1) is 14.5. The van der Waals surface area contributed by atoms with E-state index in [1.807, 2.05) is 70.7 Å². The predicted molar refractivity (Wildman–Crippen MR) is 127 cm³/mol. The number of allylic oxidation sites excluding steroid dienone is 3. The number of rotatable bonds is 2. The molecule has 1 amide bonds. The maximum Gasteiger partial charge on any atom is 0.265 e. The van der Waals surface area contributed by atoms with Crippen molar-refractivity contribution in [3.8, 4) is 5.75 Å². The van der Waals surface area contributed by atoms with E-state index in [1.54, 1.807) is 0 Å². The van der Waals surface area contributed by atoms with Gasteiger partial charge in [0.05, 0.1) is 12.3 Å². The SMILES string of the molecule is C=C(C)/C=C1/OCCCC1=C.CC.CC.Cc1ccc2c(c1)OCC(=O)N2C1CC1. The van der Waals surface area contributed by atoms with E-state index in [2.05, 4.69) is 13.2 Å². The summed E-state index contributed by atoms with van der Waals surface area (Å²) in [6, 6.07) is 6.43. The molecule has 1 aliphatic carbocycles. The minimum absolute atomic E-state index is 0.0915. The van der Waals surface area contributed by atoms with Gasteiger partial charge in [0.25, 0.3) is 5.91 Å². The molecule has 2 heterocycles. The van der Waals surface area contributed by atoms with E-state index in [0.717, 1.165) is 60.6 Å². The molecule has 0 atom stereocenters. The fourth-order valence-electron chi connectivity index (χ4n) is 3.07. The molecule has 4 nitrogen and oxygen atoms in total. The molecular weight excluding hydrogens is 374 g/mol. The van der Waals surface area contributed by atoms with E-state index >= 15 is 0 Å². The first kappa shape index (κ1) is 25.5. The highest BCUT2D eigenvalue weighted by molar-refractivity contribution is 5.98. The van der Waals surface area contributed by atoms with E-state index in [-0.39, 0.29) is 12.5 Å². The predicted octanol–water partition coefficient (Wildman–Crippen LogP) is 6.75. The number of aryl methyl sites for hydroxylation is 1. The number of benzene rings is 1. The van der Waals surface area contributed by atoms with Gasteiger partial charge in [-0.1, -0.05) is 52.5 Å². The molecule has 4 rings (SSSR count). The molecule has 166 valence electrons. The van der Waals surface area contributed by atoms with Gasteiger partial charge in [0.15, 0.2) is 6.61 Å². The Morgan fingerprint density at radius 2 is 1.83 bits per heavy atom.